The van der Waals surface area contributed by atoms with E-state index in [1.165, 1.54) is 24.4 Å². The van der Waals surface area contributed by atoms with Crippen molar-refractivity contribution in [3.8, 4) is 0 Å². The molecule has 1 atom stereocenters. The van der Waals surface area contributed by atoms with Crippen molar-refractivity contribution in [2.75, 3.05) is 13.7 Å². The molecule has 1 aliphatic rings. The standard InChI is InChI=1S/C11H18N2O/c1-9-4-3-6-13-10(9)8-12-11(13)5-7-14-2/h8-9H,3-7H2,1-2H3. The molecule has 0 bridgehead atoms. The first-order valence-electron chi connectivity index (χ1n) is 5.36. The van der Waals surface area contributed by atoms with Gasteiger partial charge in [0, 0.05) is 32.0 Å². The van der Waals surface area contributed by atoms with Crippen molar-refractivity contribution in [3.63, 3.8) is 0 Å². The fraction of sp³-hybridized carbons (Fsp3) is 0.727. The molecule has 0 fully saturated rings. The summed E-state index contributed by atoms with van der Waals surface area (Å²) in [5, 5.41) is 0. The second kappa shape index (κ2) is 4.13. The SMILES string of the molecule is COCCc1ncc2n1CCCC2C. The van der Waals surface area contributed by atoms with Crippen LogP contribution in [0.2, 0.25) is 0 Å². The first-order chi connectivity index (χ1) is 6.83. The van der Waals surface area contributed by atoms with E-state index in [0.29, 0.717) is 5.92 Å². The van der Waals surface area contributed by atoms with Gasteiger partial charge in [-0.3, -0.25) is 0 Å². The summed E-state index contributed by atoms with van der Waals surface area (Å²) in [6.07, 6.45) is 5.55. The molecule has 14 heavy (non-hydrogen) atoms. The van der Waals surface area contributed by atoms with E-state index in [2.05, 4.69) is 16.5 Å². The van der Waals surface area contributed by atoms with Crippen LogP contribution in [0.3, 0.4) is 0 Å². The van der Waals surface area contributed by atoms with Gasteiger partial charge < -0.3 is 9.30 Å². The van der Waals surface area contributed by atoms with Crippen LogP contribution >= 0.6 is 0 Å². The summed E-state index contributed by atoms with van der Waals surface area (Å²) in [5.41, 5.74) is 1.40. The Labute approximate surface area is 85.1 Å². The molecule has 1 aliphatic heterocycles. The number of ether oxygens (including phenoxy) is 1. The largest absolute Gasteiger partial charge is 0.384 e. The van der Waals surface area contributed by atoms with Gasteiger partial charge >= 0.3 is 0 Å². The Kier molecular flexibility index (Phi) is 2.87. The Morgan fingerprint density at radius 2 is 2.50 bits per heavy atom. The molecule has 3 heteroatoms. The second-order valence-electron chi connectivity index (χ2n) is 4.04. The monoisotopic (exact) mass is 194 g/mol. The van der Waals surface area contributed by atoms with Crippen LogP contribution in [-0.4, -0.2) is 23.3 Å². The summed E-state index contributed by atoms with van der Waals surface area (Å²) in [6, 6.07) is 0. The summed E-state index contributed by atoms with van der Waals surface area (Å²) < 4.78 is 7.45. The van der Waals surface area contributed by atoms with E-state index in [1.54, 1.807) is 7.11 Å². The highest BCUT2D eigenvalue weighted by molar-refractivity contribution is 5.12. The number of nitrogens with zero attached hydrogens (tertiary/aromatic N) is 2. The third kappa shape index (κ3) is 1.69. The third-order valence-electron chi connectivity index (χ3n) is 3.02. The number of rotatable bonds is 3. The Balaban J connectivity index is 2.18. The van der Waals surface area contributed by atoms with Crippen LogP contribution in [0.25, 0.3) is 0 Å². The molecule has 2 heterocycles. The zero-order valence-electron chi connectivity index (χ0n) is 8.99. The van der Waals surface area contributed by atoms with Crippen molar-refractivity contribution >= 4 is 0 Å². The number of fused-ring (bicyclic) bond motifs is 1. The number of methoxy groups -OCH3 is 1. The lowest BCUT2D eigenvalue weighted by molar-refractivity contribution is 0.199. The fourth-order valence-electron chi connectivity index (χ4n) is 2.18. The van der Waals surface area contributed by atoms with E-state index in [0.717, 1.165) is 19.6 Å². The smallest absolute Gasteiger partial charge is 0.111 e. The van der Waals surface area contributed by atoms with Gasteiger partial charge in [0.25, 0.3) is 0 Å². The molecule has 3 nitrogen and oxygen atoms in total. The van der Waals surface area contributed by atoms with Crippen molar-refractivity contribution < 1.29 is 4.74 Å². The number of imidazole rings is 1. The molecule has 78 valence electrons. The van der Waals surface area contributed by atoms with Crippen LogP contribution in [-0.2, 0) is 17.7 Å². The topological polar surface area (TPSA) is 27.1 Å². The number of hydrogen-bond acceptors (Lipinski definition) is 2. The van der Waals surface area contributed by atoms with Crippen molar-refractivity contribution in [2.24, 2.45) is 0 Å². The molecular weight excluding hydrogens is 176 g/mol. The van der Waals surface area contributed by atoms with Gasteiger partial charge in [-0.15, -0.1) is 0 Å². The van der Waals surface area contributed by atoms with E-state index < -0.39 is 0 Å². The van der Waals surface area contributed by atoms with Crippen molar-refractivity contribution in [1.82, 2.24) is 9.55 Å². The Hall–Kier alpha value is -0.830. The van der Waals surface area contributed by atoms with Gasteiger partial charge in [-0.1, -0.05) is 6.92 Å². The minimum absolute atomic E-state index is 0.674. The van der Waals surface area contributed by atoms with E-state index in [-0.39, 0.29) is 0 Å². The Bertz CT molecular complexity index is 306. The zero-order chi connectivity index (χ0) is 9.97. The van der Waals surface area contributed by atoms with Crippen molar-refractivity contribution in [2.45, 2.75) is 38.6 Å². The third-order valence-corrected chi connectivity index (χ3v) is 3.02. The van der Waals surface area contributed by atoms with Crippen LogP contribution in [0.4, 0.5) is 0 Å². The van der Waals surface area contributed by atoms with Gasteiger partial charge in [0.05, 0.1) is 6.61 Å². The Morgan fingerprint density at radius 3 is 3.29 bits per heavy atom. The van der Waals surface area contributed by atoms with Crippen LogP contribution in [0.1, 0.15) is 37.2 Å². The maximum atomic E-state index is 5.08. The summed E-state index contributed by atoms with van der Waals surface area (Å²) in [5.74, 6) is 1.86. The van der Waals surface area contributed by atoms with Crippen LogP contribution in [0.5, 0.6) is 0 Å². The highest BCUT2D eigenvalue weighted by atomic mass is 16.5. The second-order valence-corrected chi connectivity index (χ2v) is 4.04. The molecule has 1 unspecified atom stereocenters. The minimum Gasteiger partial charge on any atom is -0.384 e. The molecule has 1 aromatic heterocycles. The first-order valence-corrected chi connectivity index (χ1v) is 5.36. The summed E-state index contributed by atoms with van der Waals surface area (Å²) in [7, 11) is 1.74. The summed E-state index contributed by atoms with van der Waals surface area (Å²) in [6.45, 7) is 4.19. The van der Waals surface area contributed by atoms with E-state index in [1.807, 2.05) is 6.20 Å². The average molecular weight is 194 g/mol. The van der Waals surface area contributed by atoms with Gasteiger partial charge in [-0.25, -0.2) is 4.98 Å². The fourth-order valence-corrected chi connectivity index (χ4v) is 2.18. The molecule has 0 spiro atoms. The van der Waals surface area contributed by atoms with E-state index in [9.17, 15) is 0 Å². The molecule has 0 aromatic carbocycles. The maximum Gasteiger partial charge on any atom is 0.111 e. The van der Waals surface area contributed by atoms with E-state index >= 15 is 0 Å². The Morgan fingerprint density at radius 1 is 1.64 bits per heavy atom. The van der Waals surface area contributed by atoms with Crippen molar-refractivity contribution in [3.05, 3.63) is 17.7 Å². The van der Waals surface area contributed by atoms with Crippen LogP contribution < -0.4 is 0 Å². The van der Waals surface area contributed by atoms with Crippen LogP contribution in [0, 0.1) is 0 Å². The number of aromatic nitrogens is 2. The van der Waals surface area contributed by atoms with Crippen molar-refractivity contribution in [1.29, 1.82) is 0 Å². The molecule has 0 amide bonds. The van der Waals surface area contributed by atoms with Gasteiger partial charge in [-0.2, -0.15) is 0 Å². The lowest BCUT2D eigenvalue weighted by Crippen LogP contribution is -2.16. The highest BCUT2D eigenvalue weighted by Gasteiger charge is 2.19. The number of hydrogen-bond donors (Lipinski definition) is 0. The summed E-state index contributed by atoms with van der Waals surface area (Å²) in [4.78, 5) is 4.47. The average Bonchev–Trinajstić information content (AvgIpc) is 2.60. The molecule has 0 saturated carbocycles. The molecule has 0 saturated heterocycles. The van der Waals surface area contributed by atoms with E-state index in [4.69, 9.17) is 4.74 Å². The van der Waals surface area contributed by atoms with Crippen LogP contribution in [0.15, 0.2) is 6.20 Å². The first kappa shape index (κ1) is 9.71. The maximum absolute atomic E-state index is 5.08. The normalized spacial score (nSPS) is 20.9. The highest BCUT2D eigenvalue weighted by Crippen LogP contribution is 2.27. The predicted octanol–water partition coefficient (Wildman–Crippen LogP) is 1.97. The predicted molar refractivity (Wildman–Crippen MR) is 55.5 cm³/mol. The lowest BCUT2D eigenvalue weighted by Gasteiger charge is -2.22. The molecular formula is C11H18N2O. The summed E-state index contributed by atoms with van der Waals surface area (Å²) >= 11 is 0. The minimum atomic E-state index is 0.674. The molecule has 0 radical (unpaired) electrons. The molecule has 0 aliphatic carbocycles. The molecule has 0 N–H and O–H groups in total. The lowest BCUT2D eigenvalue weighted by atomic mass is 9.99. The molecule has 1 aromatic rings. The van der Waals surface area contributed by atoms with Gasteiger partial charge in [-0.05, 0) is 18.8 Å². The molecule has 2 rings (SSSR count). The van der Waals surface area contributed by atoms with Gasteiger partial charge in [0.1, 0.15) is 5.82 Å². The van der Waals surface area contributed by atoms with Gasteiger partial charge in [0.15, 0.2) is 0 Å². The van der Waals surface area contributed by atoms with Gasteiger partial charge in [0.2, 0.25) is 0 Å². The zero-order valence-corrected chi connectivity index (χ0v) is 8.99. The quantitative estimate of drug-likeness (QED) is 0.735.